The molecule has 0 spiro atoms. The molecule has 1 aliphatic rings. The van der Waals surface area contributed by atoms with Gasteiger partial charge in [-0.25, -0.2) is 12.7 Å². The van der Waals surface area contributed by atoms with Crippen molar-refractivity contribution in [2.24, 2.45) is 0 Å². The SMILES string of the molecule is CCC(C#N)S(=O)(=O)N(C)CC1CCCN1. The second kappa shape index (κ2) is 5.62. The first-order valence-corrected chi connectivity index (χ1v) is 7.10. The van der Waals surface area contributed by atoms with E-state index in [9.17, 15) is 8.42 Å². The average molecular weight is 245 g/mol. The van der Waals surface area contributed by atoms with Crippen molar-refractivity contribution in [1.29, 1.82) is 5.26 Å². The second-order valence-corrected chi connectivity index (χ2v) is 6.37. The number of nitriles is 1. The third kappa shape index (κ3) is 2.94. The van der Waals surface area contributed by atoms with E-state index in [-0.39, 0.29) is 6.04 Å². The highest BCUT2D eigenvalue weighted by molar-refractivity contribution is 7.89. The van der Waals surface area contributed by atoms with E-state index in [1.165, 1.54) is 4.31 Å². The number of hydrogen-bond acceptors (Lipinski definition) is 4. The number of likely N-dealkylation sites (N-methyl/N-ethyl adjacent to an activating group) is 1. The van der Waals surface area contributed by atoms with Crippen LogP contribution in [0.15, 0.2) is 0 Å². The van der Waals surface area contributed by atoms with E-state index in [1.807, 2.05) is 6.07 Å². The van der Waals surface area contributed by atoms with E-state index in [0.717, 1.165) is 19.4 Å². The molecule has 1 rings (SSSR count). The van der Waals surface area contributed by atoms with E-state index in [1.54, 1.807) is 14.0 Å². The topological polar surface area (TPSA) is 73.2 Å². The molecule has 0 aromatic rings. The first kappa shape index (κ1) is 13.4. The zero-order valence-corrected chi connectivity index (χ0v) is 10.6. The Morgan fingerprint density at radius 2 is 2.31 bits per heavy atom. The van der Waals surface area contributed by atoms with Gasteiger partial charge in [-0.15, -0.1) is 0 Å². The molecule has 1 N–H and O–H groups in total. The summed E-state index contributed by atoms with van der Waals surface area (Å²) in [6, 6.07) is 2.08. The maximum Gasteiger partial charge on any atom is 0.230 e. The van der Waals surface area contributed by atoms with Gasteiger partial charge in [0.2, 0.25) is 10.0 Å². The van der Waals surface area contributed by atoms with Crippen LogP contribution in [0.1, 0.15) is 26.2 Å². The van der Waals surface area contributed by atoms with E-state index in [4.69, 9.17) is 5.26 Å². The first-order chi connectivity index (χ1) is 7.52. The molecule has 1 fully saturated rings. The molecule has 0 saturated carbocycles. The van der Waals surface area contributed by atoms with Gasteiger partial charge in [0.25, 0.3) is 0 Å². The zero-order valence-electron chi connectivity index (χ0n) is 9.81. The monoisotopic (exact) mass is 245 g/mol. The highest BCUT2D eigenvalue weighted by Gasteiger charge is 2.30. The van der Waals surface area contributed by atoms with Crippen molar-refractivity contribution in [2.45, 2.75) is 37.5 Å². The Labute approximate surface area is 97.5 Å². The van der Waals surface area contributed by atoms with Crippen LogP contribution in [0.5, 0.6) is 0 Å². The molecule has 6 heteroatoms. The summed E-state index contributed by atoms with van der Waals surface area (Å²) >= 11 is 0. The van der Waals surface area contributed by atoms with Gasteiger partial charge < -0.3 is 5.32 Å². The van der Waals surface area contributed by atoms with Crippen molar-refractivity contribution < 1.29 is 8.42 Å². The quantitative estimate of drug-likeness (QED) is 0.756. The summed E-state index contributed by atoms with van der Waals surface area (Å²) in [5, 5.41) is 11.1. The molecular weight excluding hydrogens is 226 g/mol. The lowest BCUT2D eigenvalue weighted by atomic mass is 10.2. The number of nitrogens with one attached hydrogen (secondary N) is 1. The van der Waals surface area contributed by atoms with Crippen LogP contribution in [0.4, 0.5) is 0 Å². The maximum atomic E-state index is 12.0. The van der Waals surface area contributed by atoms with Crippen molar-refractivity contribution >= 4 is 10.0 Å². The van der Waals surface area contributed by atoms with Crippen molar-refractivity contribution in [3.8, 4) is 6.07 Å². The smallest absolute Gasteiger partial charge is 0.230 e. The third-order valence-corrected chi connectivity index (χ3v) is 5.12. The van der Waals surface area contributed by atoms with Crippen LogP contribution in [0.25, 0.3) is 0 Å². The maximum absolute atomic E-state index is 12.0. The normalized spacial score (nSPS) is 23.2. The molecule has 1 saturated heterocycles. The molecule has 0 radical (unpaired) electrons. The molecular formula is C10H19N3O2S. The summed E-state index contributed by atoms with van der Waals surface area (Å²) in [5.74, 6) is 0. The lowest BCUT2D eigenvalue weighted by molar-refractivity contribution is 0.414. The highest BCUT2D eigenvalue weighted by Crippen LogP contribution is 2.13. The Hall–Kier alpha value is -0.640. The fourth-order valence-electron chi connectivity index (χ4n) is 1.91. The minimum absolute atomic E-state index is 0.232. The van der Waals surface area contributed by atoms with Crippen LogP contribution in [0.3, 0.4) is 0 Å². The number of hydrogen-bond donors (Lipinski definition) is 1. The second-order valence-electron chi connectivity index (χ2n) is 4.14. The molecule has 16 heavy (non-hydrogen) atoms. The van der Waals surface area contributed by atoms with Crippen LogP contribution >= 0.6 is 0 Å². The van der Waals surface area contributed by atoms with Crippen molar-refractivity contribution in [2.75, 3.05) is 20.1 Å². The number of sulfonamides is 1. The summed E-state index contributed by atoms with van der Waals surface area (Å²) < 4.78 is 25.2. The molecule has 2 atom stereocenters. The lowest BCUT2D eigenvalue weighted by Gasteiger charge is -2.22. The first-order valence-electron chi connectivity index (χ1n) is 5.60. The van der Waals surface area contributed by atoms with Crippen LogP contribution in [0, 0.1) is 11.3 Å². The highest BCUT2D eigenvalue weighted by atomic mass is 32.2. The predicted molar refractivity (Wildman–Crippen MR) is 62.3 cm³/mol. The number of nitrogens with zero attached hydrogens (tertiary/aromatic N) is 2. The van der Waals surface area contributed by atoms with E-state index < -0.39 is 15.3 Å². The van der Waals surface area contributed by atoms with Crippen molar-refractivity contribution in [1.82, 2.24) is 9.62 Å². The van der Waals surface area contributed by atoms with Gasteiger partial charge in [-0.3, -0.25) is 0 Å². The summed E-state index contributed by atoms with van der Waals surface area (Å²) in [5.41, 5.74) is 0. The molecule has 0 aromatic heterocycles. The molecule has 5 nitrogen and oxygen atoms in total. The molecule has 2 unspecified atom stereocenters. The molecule has 0 aliphatic carbocycles. The molecule has 0 amide bonds. The van der Waals surface area contributed by atoms with Gasteiger partial charge in [0.15, 0.2) is 5.25 Å². The van der Waals surface area contributed by atoms with Gasteiger partial charge >= 0.3 is 0 Å². The van der Waals surface area contributed by atoms with Gasteiger partial charge in [0.05, 0.1) is 6.07 Å². The molecule has 0 bridgehead atoms. The van der Waals surface area contributed by atoms with Gasteiger partial charge in [-0.2, -0.15) is 5.26 Å². The number of rotatable bonds is 5. The molecule has 0 aromatic carbocycles. The fourth-order valence-corrected chi connectivity index (χ4v) is 3.29. The fraction of sp³-hybridized carbons (Fsp3) is 0.900. The van der Waals surface area contributed by atoms with Gasteiger partial charge in [-0.05, 0) is 25.8 Å². The Kier molecular flexibility index (Phi) is 4.71. The average Bonchev–Trinajstić information content (AvgIpc) is 2.71. The van der Waals surface area contributed by atoms with Gasteiger partial charge in [0.1, 0.15) is 0 Å². The van der Waals surface area contributed by atoms with Crippen LogP contribution in [-0.2, 0) is 10.0 Å². The Morgan fingerprint density at radius 1 is 1.62 bits per heavy atom. The van der Waals surface area contributed by atoms with Gasteiger partial charge in [-0.1, -0.05) is 6.92 Å². The molecule has 92 valence electrons. The lowest BCUT2D eigenvalue weighted by Crippen LogP contribution is -2.42. The van der Waals surface area contributed by atoms with Crippen molar-refractivity contribution in [3.63, 3.8) is 0 Å². The summed E-state index contributed by atoms with van der Waals surface area (Å²) in [6.45, 7) is 3.13. The Morgan fingerprint density at radius 3 is 2.75 bits per heavy atom. The largest absolute Gasteiger partial charge is 0.313 e. The molecule has 1 heterocycles. The van der Waals surface area contributed by atoms with Gasteiger partial charge in [0, 0.05) is 19.6 Å². The summed E-state index contributed by atoms with van der Waals surface area (Å²) in [6.07, 6.45) is 2.43. The summed E-state index contributed by atoms with van der Waals surface area (Å²) in [7, 11) is -1.91. The van der Waals surface area contributed by atoms with E-state index >= 15 is 0 Å². The van der Waals surface area contributed by atoms with Crippen molar-refractivity contribution in [3.05, 3.63) is 0 Å². The Bertz CT molecular complexity index is 355. The zero-order chi connectivity index (χ0) is 12.2. The minimum Gasteiger partial charge on any atom is -0.313 e. The van der Waals surface area contributed by atoms with E-state index in [2.05, 4.69) is 5.32 Å². The molecule has 1 aliphatic heterocycles. The van der Waals surface area contributed by atoms with Crippen LogP contribution in [0.2, 0.25) is 0 Å². The van der Waals surface area contributed by atoms with E-state index in [0.29, 0.717) is 13.0 Å². The Balaban J connectivity index is 2.64. The summed E-state index contributed by atoms with van der Waals surface area (Å²) in [4.78, 5) is 0. The van der Waals surface area contributed by atoms with Crippen LogP contribution in [-0.4, -0.2) is 44.2 Å². The predicted octanol–water partition coefficient (Wildman–Crippen LogP) is 0.302. The minimum atomic E-state index is -3.46. The standard InChI is InChI=1S/C10H19N3O2S/c1-3-10(7-11)16(14,15)13(2)8-9-5-4-6-12-9/h9-10,12H,3-6,8H2,1-2H3. The van der Waals surface area contributed by atoms with Crippen LogP contribution < -0.4 is 5.32 Å². The third-order valence-electron chi connectivity index (χ3n) is 2.95.